The largest absolute Gasteiger partial charge is 0.417 e. The second kappa shape index (κ2) is 9.09. The number of carbonyl (C=O) groups excluding carboxylic acids is 1. The molecule has 0 aliphatic carbocycles. The summed E-state index contributed by atoms with van der Waals surface area (Å²) in [5.74, 6) is 0.466. The summed E-state index contributed by atoms with van der Waals surface area (Å²) in [5, 5.41) is 2.83. The van der Waals surface area contributed by atoms with Gasteiger partial charge in [0.25, 0.3) is 0 Å². The van der Waals surface area contributed by atoms with Crippen LogP contribution in [0.2, 0.25) is 0 Å². The highest BCUT2D eigenvalue weighted by Gasteiger charge is 2.33. The molecule has 0 atom stereocenters. The monoisotopic (exact) mass is 435 g/mol. The Labute approximate surface area is 183 Å². The molecule has 1 heterocycles. The maximum absolute atomic E-state index is 13.4. The van der Waals surface area contributed by atoms with Crippen molar-refractivity contribution < 1.29 is 18.0 Å². The standard InChI is InChI=1S/C25H20F3N3O/c26-25(27,28)22-12-5-4-11-21(22)20-10-6-7-18(15-20)16-30-23(32)17-31-14-13-29-24(31)19-8-2-1-3-9-19/h1-15H,16-17H2,(H,30,32). The van der Waals surface area contributed by atoms with E-state index in [4.69, 9.17) is 0 Å². The third-order valence-corrected chi connectivity index (χ3v) is 5.02. The lowest BCUT2D eigenvalue weighted by atomic mass is 9.98. The number of hydrogen-bond donors (Lipinski definition) is 1. The molecular weight excluding hydrogens is 415 g/mol. The molecule has 0 aliphatic heterocycles. The molecule has 7 heteroatoms. The van der Waals surface area contributed by atoms with Gasteiger partial charge in [0, 0.05) is 24.5 Å². The van der Waals surface area contributed by atoms with Crippen LogP contribution in [0.25, 0.3) is 22.5 Å². The zero-order valence-electron chi connectivity index (χ0n) is 17.0. The Bertz CT molecular complexity index is 1220. The van der Waals surface area contributed by atoms with Gasteiger partial charge in [0.1, 0.15) is 12.4 Å². The third kappa shape index (κ3) is 4.88. The first-order valence-corrected chi connectivity index (χ1v) is 10.0. The summed E-state index contributed by atoms with van der Waals surface area (Å²) in [5.41, 5.74) is 1.49. The Morgan fingerprint density at radius 1 is 0.906 bits per heavy atom. The van der Waals surface area contributed by atoms with Gasteiger partial charge in [-0.2, -0.15) is 13.2 Å². The lowest BCUT2D eigenvalue weighted by Gasteiger charge is -2.14. The maximum Gasteiger partial charge on any atom is 0.417 e. The summed E-state index contributed by atoms with van der Waals surface area (Å²) in [7, 11) is 0. The van der Waals surface area contributed by atoms with E-state index in [9.17, 15) is 18.0 Å². The molecule has 0 radical (unpaired) electrons. The summed E-state index contributed by atoms with van der Waals surface area (Å²) < 4.78 is 41.8. The summed E-state index contributed by atoms with van der Waals surface area (Å²) in [6, 6.07) is 21.8. The molecule has 0 spiro atoms. The Balaban J connectivity index is 1.45. The second-order valence-corrected chi connectivity index (χ2v) is 7.27. The van der Waals surface area contributed by atoms with Gasteiger partial charge in [0.2, 0.25) is 5.91 Å². The molecule has 3 aromatic carbocycles. The number of alkyl halides is 3. The molecule has 162 valence electrons. The lowest BCUT2D eigenvalue weighted by molar-refractivity contribution is -0.137. The molecule has 0 saturated carbocycles. The van der Waals surface area contributed by atoms with Crippen LogP contribution in [0, 0.1) is 0 Å². The fraction of sp³-hybridized carbons (Fsp3) is 0.120. The van der Waals surface area contributed by atoms with Gasteiger partial charge in [-0.25, -0.2) is 4.98 Å². The normalized spacial score (nSPS) is 11.3. The molecule has 32 heavy (non-hydrogen) atoms. The maximum atomic E-state index is 13.4. The topological polar surface area (TPSA) is 46.9 Å². The number of rotatable bonds is 6. The summed E-state index contributed by atoms with van der Waals surface area (Å²) in [4.78, 5) is 16.8. The zero-order valence-corrected chi connectivity index (χ0v) is 17.0. The van der Waals surface area contributed by atoms with Crippen molar-refractivity contribution in [2.24, 2.45) is 0 Å². The van der Waals surface area contributed by atoms with Crippen LogP contribution in [0.5, 0.6) is 0 Å². The van der Waals surface area contributed by atoms with E-state index >= 15 is 0 Å². The van der Waals surface area contributed by atoms with Crippen molar-refractivity contribution in [2.45, 2.75) is 19.3 Å². The van der Waals surface area contributed by atoms with Crippen LogP contribution in [0.3, 0.4) is 0 Å². The molecule has 1 amide bonds. The highest BCUT2D eigenvalue weighted by molar-refractivity contribution is 5.76. The molecule has 4 aromatic rings. The third-order valence-electron chi connectivity index (χ3n) is 5.02. The van der Waals surface area contributed by atoms with Crippen molar-refractivity contribution in [3.05, 3.63) is 102 Å². The van der Waals surface area contributed by atoms with E-state index in [0.717, 1.165) is 11.6 Å². The van der Waals surface area contributed by atoms with Gasteiger partial charge in [0.05, 0.1) is 5.56 Å². The van der Waals surface area contributed by atoms with Crippen molar-refractivity contribution in [1.29, 1.82) is 0 Å². The van der Waals surface area contributed by atoms with Crippen molar-refractivity contribution in [2.75, 3.05) is 0 Å². The van der Waals surface area contributed by atoms with E-state index in [0.29, 0.717) is 17.0 Å². The first-order chi connectivity index (χ1) is 15.4. The molecule has 1 N–H and O–H groups in total. The Morgan fingerprint density at radius 2 is 1.62 bits per heavy atom. The molecule has 0 bridgehead atoms. The molecule has 0 saturated heterocycles. The van der Waals surface area contributed by atoms with Crippen LogP contribution >= 0.6 is 0 Å². The van der Waals surface area contributed by atoms with E-state index in [1.54, 1.807) is 47.3 Å². The van der Waals surface area contributed by atoms with Crippen LogP contribution in [0.4, 0.5) is 13.2 Å². The predicted octanol–water partition coefficient (Wildman–Crippen LogP) is 5.55. The minimum atomic E-state index is -4.44. The molecule has 1 aromatic heterocycles. The van der Waals surface area contributed by atoms with Gasteiger partial charge in [-0.05, 0) is 28.8 Å². The smallest absolute Gasteiger partial charge is 0.350 e. The predicted molar refractivity (Wildman–Crippen MR) is 116 cm³/mol. The van der Waals surface area contributed by atoms with Gasteiger partial charge >= 0.3 is 6.18 Å². The first kappa shape index (κ1) is 21.4. The van der Waals surface area contributed by atoms with E-state index in [1.807, 2.05) is 30.3 Å². The van der Waals surface area contributed by atoms with Gasteiger partial charge in [-0.3, -0.25) is 4.79 Å². The van der Waals surface area contributed by atoms with Crippen molar-refractivity contribution in [3.63, 3.8) is 0 Å². The van der Waals surface area contributed by atoms with Crippen LogP contribution in [0.1, 0.15) is 11.1 Å². The molecule has 0 aliphatic rings. The van der Waals surface area contributed by atoms with E-state index in [2.05, 4.69) is 10.3 Å². The van der Waals surface area contributed by atoms with Crippen LogP contribution in [0.15, 0.2) is 91.3 Å². The number of benzene rings is 3. The van der Waals surface area contributed by atoms with Gasteiger partial charge < -0.3 is 9.88 Å². The van der Waals surface area contributed by atoms with Gasteiger partial charge in [0.15, 0.2) is 0 Å². The number of hydrogen-bond acceptors (Lipinski definition) is 2. The summed E-state index contributed by atoms with van der Waals surface area (Å²) in [6.07, 6.45) is -1.07. The average Bonchev–Trinajstić information content (AvgIpc) is 3.26. The number of amides is 1. The van der Waals surface area contributed by atoms with E-state index < -0.39 is 11.7 Å². The molecule has 0 fully saturated rings. The Morgan fingerprint density at radius 3 is 2.41 bits per heavy atom. The average molecular weight is 435 g/mol. The lowest BCUT2D eigenvalue weighted by Crippen LogP contribution is -2.27. The first-order valence-electron chi connectivity index (χ1n) is 10.0. The molecule has 0 unspecified atom stereocenters. The summed E-state index contributed by atoms with van der Waals surface area (Å²) in [6.45, 7) is 0.289. The van der Waals surface area contributed by atoms with Crippen molar-refractivity contribution in [3.8, 4) is 22.5 Å². The highest BCUT2D eigenvalue weighted by atomic mass is 19.4. The fourth-order valence-electron chi connectivity index (χ4n) is 3.53. The molecular formula is C25H20F3N3O. The number of imidazole rings is 1. The Hall–Kier alpha value is -3.87. The zero-order chi connectivity index (χ0) is 22.6. The number of aromatic nitrogens is 2. The SMILES string of the molecule is O=C(Cn1ccnc1-c1ccccc1)NCc1cccc(-c2ccccc2C(F)(F)F)c1. The van der Waals surface area contributed by atoms with Crippen molar-refractivity contribution in [1.82, 2.24) is 14.9 Å². The van der Waals surface area contributed by atoms with Crippen molar-refractivity contribution >= 4 is 5.91 Å². The minimum absolute atomic E-state index is 0.0842. The Kier molecular flexibility index (Phi) is 6.07. The van der Waals surface area contributed by atoms with E-state index in [-0.39, 0.29) is 24.6 Å². The summed E-state index contributed by atoms with van der Waals surface area (Å²) >= 11 is 0. The van der Waals surface area contributed by atoms with Gasteiger partial charge in [-0.1, -0.05) is 66.7 Å². The van der Waals surface area contributed by atoms with Crippen LogP contribution in [-0.2, 0) is 24.1 Å². The number of halogens is 3. The minimum Gasteiger partial charge on any atom is -0.350 e. The highest BCUT2D eigenvalue weighted by Crippen LogP contribution is 2.37. The molecule has 4 nitrogen and oxygen atoms in total. The van der Waals surface area contributed by atoms with Gasteiger partial charge in [-0.15, -0.1) is 0 Å². The van der Waals surface area contributed by atoms with Crippen LogP contribution < -0.4 is 5.32 Å². The quantitative estimate of drug-likeness (QED) is 0.432. The molecule has 4 rings (SSSR count). The number of carbonyl (C=O) groups is 1. The van der Waals surface area contributed by atoms with Crippen LogP contribution in [-0.4, -0.2) is 15.5 Å². The second-order valence-electron chi connectivity index (χ2n) is 7.27. The number of nitrogens with one attached hydrogen (secondary N) is 1. The van der Waals surface area contributed by atoms with E-state index in [1.165, 1.54) is 12.1 Å². The number of nitrogens with zero attached hydrogens (tertiary/aromatic N) is 2. The fourth-order valence-corrected chi connectivity index (χ4v) is 3.53.